The zero-order chi connectivity index (χ0) is 20.1. The minimum atomic E-state index is -0.241. The van der Waals surface area contributed by atoms with Gasteiger partial charge >= 0.3 is 0 Å². The molecule has 2 heterocycles. The Morgan fingerprint density at radius 2 is 1.76 bits per heavy atom. The summed E-state index contributed by atoms with van der Waals surface area (Å²) in [5.74, 6) is 1.04. The van der Waals surface area contributed by atoms with Gasteiger partial charge in [-0.1, -0.05) is 0 Å². The largest absolute Gasteiger partial charge is 0.340 e. The molecular weight excluding hydrogens is 366 g/mol. The summed E-state index contributed by atoms with van der Waals surface area (Å²) in [5, 5.41) is 19.0. The van der Waals surface area contributed by atoms with E-state index in [1.165, 1.54) is 6.33 Å². The van der Waals surface area contributed by atoms with Crippen LogP contribution in [0.3, 0.4) is 0 Å². The molecule has 0 radical (unpaired) electrons. The second kappa shape index (κ2) is 8.02. The van der Waals surface area contributed by atoms with Crippen molar-refractivity contribution in [3.05, 3.63) is 90.5 Å². The van der Waals surface area contributed by atoms with Crippen molar-refractivity contribution in [1.29, 1.82) is 5.26 Å². The van der Waals surface area contributed by atoms with Crippen molar-refractivity contribution in [2.24, 2.45) is 0 Å². The van der Waals surface area contributed by atoms with Gasteiger partial charge in [0.2, 0.25) is 0 Å². The first-order valence-corrected chi connectivity index (χ1v) is 8.72. The first-order valence-electron chi connectivity index (χ1n) is 8.72. The summed E-state index contributed by atoms with van der Waals surface area (Å²) < 4.78 is 1.65. The smallest absolute Gasteiger partial charge is 0.255 e. The molecule has 2 aromatic carbocycles. The van der Waals surface area contributed by atoms with Gasteiger partial charge in [-0.3, -0.25) is 4.79 Å². The lowest BCUT2D eigenvalue weighted by atomic mass is 10.1. The topological polar surface area (TPSA) is 109 Å². The van der Waals surface area contributed by atoms with E-state index in [1.54, 1.807) is 59.5 Å². The molecule has 1 amide bonds. The molecule has 0 saturated heterocycles. The number of benzene rings is 2. The number of amides is 1. The fourth-order valence-electron chi connectivity index (χ4n) is 2.63. The Kier molecular flexibility index (Phi) is 4.95. The molecule has 0 aliphatic heterocycles. The Morgan fingerprint density at radius 3 is 2.45 bits per heavy atom. The molecule has 4 aromatic rings. The van der Waals surface area contributed by atoms with Gasteiger partial charge < -0.3 is 10.6 Å². The Balaban J connectivity index is 1.42. The van der Waals surface area contributed by atoms with E-state index < -0.39 is 0 Å². The van der Waals surface area contributed by atoms with E-state index in [1.807, 2.05) is 24.3 Å². The number of nitrogens with one attached hydrogen (secondary N) is 2. The molecular formula is C21H15N7O. The average Bonchev–Trinajstić information content (AvgIpc) is 3.30. The maximum atomic E-state index is 12.3. The number of hydrogen-bond donors (Lipinski definition) is 2. The highest BCUT2D eigenvalue weighted by atomic mass is 16.1. The molecule has 0 spiro atoms. The lowest BCUT2D eigenvalue weighted by Crippen LogP contribution is -2.11. The van der Waals surface area contributed by atoms with E-state index in [-0.39, 0.29) is 5.91 Å². The number of aromatic nitrogens is 4. The van der Waals surface area contributed by atoms with Crippen molar-refractivity contribution in [3.8, 4) is 11.9 Å². The fraction of sp³-hybridized carbons (Fsp3) is 0. The Bertz CT molecular complexity index is 1160. The molecule has 8 heteroatoms. The van der Waals surface area contributed by atoms with Gasteiger partial charge in [-0.25, -0.2) is 14.6 Å². The number of anilines is 3. The highest BCUT2D eigenvalue weighted by Gasteiger charge is 2.07. The van der Waals surface area contributed by atoms with Crippen LogP contribution in [-0.2, 0) is 0 Å². The zero-order valence-electron chi connectivity index (χ0n) is 15.1. The molecule has 0 unspecified atom stereocenters. The summed E-state index contributed by atoms with van der Waals surface area (Å²) in [5.41, 5.74) is 2.46. The number of carbonyl (C=O) groups is 1. The van der Waals surface area contributed by atoms with Crippen LogP contribution >= 0.6 is 0 Å². The summed E-state index contributed by atoms with van der Waals surface area (Å²) in [6.07, 6.45) is 4.95. The summed E-state index contributed by atoms with van der Waals surface area (Å²) in [6, 6.07) is 19.4. The van der Waals surface area contributed by atoms with E-state index in [0.29, 0.717) is 28.5 Å². The van der Waals surface area contributed by atoms with Crippen molar-refractivity contribution in [3.63, 3.8) is 0 Å². The highest BCUT2D eigenvalue weighted by Crippen LogP contribution is 2.19. The molecule has 4 rings (SSSR count). The number of nitrogens with zero attached hydrogens (tertiary/aromatic N) is 5. The molecule has 0 atom stereocenters. The van der Waals surface area contributed by atoms with Crippen LogP contribution in [0.4, 0.5) is 17.2 Å². The van der Waals surface area contributed by atoms with Crippen molar-refractivity contribution >= 4 is 23.1 Å². The van der Waals surface area contributed by atoms with Crippen LogP contribution in [0.2, 0.25) is 0 Å². The monoisotopic (exact) mass is 381 g/mol. The van der Waals surface area contributed by atoms with Crippen LogP contribution in [0, 0.1) is 11.3 Å². The first kappa shape index (κ1) is 17.9. The van der Waals surface area contributed by atoms with Crippen molar-refractivity contribution in [1.82, 2.24) is 19.7 Å². The summed E-state index contributed by atoms with van der Waals surface area (Å²) in [6.45, 7) is 0. The lowest BCUT2D eigenvalue weighted by molar-refractivity contribution is 0.102. The van der Waals surface area contributed by atoms with Crippen LogP contribution in [0.5, 0.6) is 0 Å². The Morgan fingerprint density at radius 1 is 1.00 bits per heavy atom. The van der Waals surface area contributed by atoms with Crippen molar-refractivity contribution in [2.75, 3.05) is 10.6 Å². The van der Waals surface area contributed by atoms with Gasteiger partial charge in [-0.2, -0.15) is 10.4 Å². The normalized spacial score (nSPS) is 10.2. The average molecular weight is 381 g/mol. The Hall–Kier alpha value is -4.51. The second-order valence-electron chi connectivity index (χ2n) is 6.06. The van der Waals surface area contributed by atoms with Gasteiger partial charge in [0, 0.05) is 35.4 Å². The van der Waals surface area contributed by atoms with Crippen LogP contribution < -0.4 is 10.6 Å². The lowest BCUT2D eigenvalue weighted by Gasteiger charge is -2.09. The van der Waals surface area contributed by atoms with E-state index in [0.717, 1.165) is 5.69 Å². The van der Waals surface area contributed by atoms with E-state index in [2.05, 4.69) is 25.7 Å². The minimum Gasteiger partial charge on any atom is -0.340 e. The predicted octanol–water partition coefficient (Wildman–Crippen LogP) is 3.53. The molecule has 0 aliphatic carbocycles. The minimum absolute atomic E-state index is 0.241. The summed E-state index contributed by atoms with van der Waals surface area (Å²) in [4.78, 5) is 20.7. The molecule has 140 valence electrons. The SMILES string of the molecule is N#Cc1ccc(C(=O)Nc2ccc(Nc3cc(-n4cccn4)ncn3)cc2)cc1. The van der Waals surface area contributed by atoms with E-state index in [4.69, 9.17) is 5.26 Å². The summed E-state index contributed by atoms with van der Waals surface area (Å²) in [7, 11) is 0. The van der Waals surface area contributed by atoms with Crippen LogP contribution in [-0.4, -0.2) is 25.7 Å². The maximum absolute atomic E-state index is 12.3. The van der Waals surface area contributed by atoms with Gasteiger partial charge in [0.05, 0.1) is 11.6 Å². The number of hydrogen-bond acceptors (Lipinski definition) is 6. The number of rotatable bonds is 5. The third kappa shape index (κ3) is 4.26. The molecule has 2 N–H and O–H groups in total. The molecule has 0 saturated carbocycles. The van der Waals surface area contributed by atoms with Crippen LogP contribution in [0.25, 0.3) is 5.82 Å². The van der Waals surface area contributed by atoms with E-state index >= 15 is 0 Å². The third-order valence-corrected chi connectivity index (χ3v) is 4.08. The maximum Gasteiger partial charge on any atom is 0.255 e. The number of carbonyl (C=O) groups excluding carboxylic acids is 1. The standard InChI is InChI=1S/C21H15N7O/c22-13-15-2-4-16(5-3-15)21(29)27-18-8-6-17(7-9-18)26-19-12-20(24-14-23-19)28-11-1-10-25-28/h1-12,14H,(H,27,29)(H,23,24,26). The van der Waals surface area contributed by atoms with Crippen molar-refractivity contribution in [2.45, 2.75) is 0 Å². The molecule has 0 aliphatic rings. The van der Waals surface area contributed by atoms with E-state index in [9.17, 15) is 4.79 Å². The fourth-order valence-corrected chi connectivity index (χ4v) is 2.63. The first-order chi connectivity index (χ1) is 14.2. The van der Waals surface area contributed by atoms with Gasteiger partial charge in [0.1, 0.15) is 12.1 Å². The quantitative estimate of drug-likeness (QED) is 0.547. The molecule has 0 bridgehead atoms. The third-order valence-electron chi connectivity index (χ3n) is 4.08. The van der Waals surface area contributed by atoms with Gasteiger partial charge in [0.25, 0.3) is 5.91 Å². The molecule has 0 fully saturated rings. The van der Waals surface area contributed by atoms with Crippen LogP contribution in [0.15, 0.2) is 79.4 Å². The number of nitriles is 1. The van der Waals surface area contributed by atoms with Crippen LogP contribution in [0.1, 0.15) is 15.9 Å². The van der Waals surface area contributed by atoms with Gasteiger partial charge in [0.15, 0.2) is 5.82 Å². The second-order valence-corrected chi connectivity index (χ2v) is 6.06. The van der Waals surface area contributed by atoms with Gasteiger partial charge in [-0.15, -0.1) is 0 Å². The Labute approximate surface area is 166 Å². The molecule has 8 nitrogen and oxygen atoms in total. The zero-order valence-corrected chi connectivity index (χ0v) is 15.1. The van der Waals surface area contributed by atoms with Crippen molar-refractivity contribution < 1.29 is 4.79 Å². The predicted molar refractivity (Wildman–Crippen MR) is 108 cm³/mol. The molecule has 29 heavy (non-hydrogen) atoms. The molecule has 2 aromatic heterocycles. The summed E-state index contributed by atoms with van der Waals surface area (Å²) >= 11 is 0. The highest BCUT2D eigenvalue weighted by molar-refractivity contribution is 6.04. The van der Waals surface area contributed by atoms with Gasteiger partial charge in [-0.05, 0) is 54.6 Å².